The zero-order valence-corrected chi connectivity index (χ0v) is 17.9. The van der Waals surface area contributed by atoms with Gasteiger partial charge in [-0.05, 0) is 12.0 Å². The van der Waals surface area contributed by atoms with Crippen LogP contribution in [0.1, 0.15) is 117 Å². The second-order valence-corrected chi connectivity index (χ2v) is 9.75. The monoisotopic (exact) mass is 346 g/mol. The Labute approximate surface area is 148 Å². The molecule has 0 saturated carbocycles. The topological polar surface area (TPSA) is 0 Å². The summed E-state index contributed by atoms with van der Waals surface area (Å²) in [6.07, 6.45) is 23.3. The van der Waals surface area contributed by atoms with E-state index in [-0.39, 0.29) is 8.83 Å². The van der Waals surface area contributed by atoms with E-state index in [9.17, 15) is 0 Å². The zero-order valence-electron chi connectivity index (χ0n) is 15.7. The molecule has 0 aliphatic carbocycles. The summed E-state index contributed by atoms with van der Waals surface area (Å²) in [6, 6.07) is 1.35. The van der Waals surface area contributed by atoms with Crippen LogP contribution in [-0.4, -0.2) is 8.83 Å². The van der Waals surface area contributed by atoms with E-state index in [2.05, 4.69) is 13.8 Å². The number of rotatable bonds is 18. The zero-order chi connectivity index (χ0) is 16.3. The molecule has 2 heteroatoms. The Kier molecular flexibility index (Phi) is 20.0. The van der Waals surface area contributed by atoms with Crippen LogP contribution in [0.25, 0.3) is 0 Å². The van der Waals surface area contributed by atoms with Gasteiger partial charge in [-0.2, -0.15) is 11.1 Å². The summed E-state index contributed by atoms with van der Waals surface area (Å²) in [7, 11) is -0.182. The van der Waals surface area contributed by atoms with E-state index in [1.807, 2.05) is 0 Å². The van der Waals surface area contributed by atoms with Crippen LogP contribution < -0.4 is 0 Å². The summed E-state index contributed by atoms with van der Waals surface area (Å²) in [5, 5.41) is 0. The van der Waals surface area contributed by atoms with E-state index in [4.69, 9.17) is 11.1 Å². The predicted octanol–water partition coefficient (Wildman–Crippen LogP) is 7.62. The molecule has 0 nitrogen and oxygen atoms in total. The number of hydrogen-bond acceptors (Lipinski definition) is 0. The van der Waals surface area contributed by atoms with Crippen molar-refractivity contribution in [1.82, 2.24) is 0 Å². The molecule has 0 spiro atoms. The highest BCUT2D eigenvalue weighted by Gasteiger charge is 1.96. The fourth-order valence-corrected chi connectivity index (χ4v) is 4.23. The molecular formula is C20H43ClSi. The van der Waals surface area contributed by atoms with E-state index in [1.54, 1.807) is 0 Å². The van der Waals surface area contributed by atoms with Crippen molar-refractivity contribution in [3.63, 3.8) is 0 Å². The minimum absolute atomic E-state index is 0.182. The van der Waals surface area contributed by atoms with Crippen LogP contribution in [0, 0.1) is 5.92 Å². The molecule has 0 radical (unpaired) electrons. The van der Waals surface area contributed by atoms with Gasteiger partial charge in [-0.15, -0.1) is 0 Å². The largest absolute Gasteiger partial charge is 0.176 e. The van der Waals surface area contributed by atoms with Gasteiger partial charge in [0.15, 0.2) is 0 Å². The first kappa shape index (κ1) is 22.5. The molecule has 0 saturated heterocycles. The molecule has 0 atom stereocenters. The third kappa shape index (κ3) is 20.5. The van der Waals surface area contributed by atoms with Crippen molar-refractivity contribution in [2.75, 3.05) is 0 Å². The molecular weight excluding hydrogens is 304 g/mol. The van der Waals surface area contributed by atoms with Crippen molar-refractivity contribution >= 4 is 19.9 Å². The number of hydrogen-bond donors (Lipinski definition) is 0. The summed E-state index contributed by atoms with van der Waals surface area (Å²) >= 11 is 5.82. The summed E-state index contributed by atoms with van der Waals surface area (Å²) in [4.78, 5) is 0. The van der Waals surface area contributed by atoms with Crippen LogP contribution in [0.2, 0.25) is 6.04 Å². The van der Waals surface area contributed by atoms with E-state index < -0.39 is 0 Å². The molecule has 0 unspecified atom stereocenters. The fraction of sp³-hybridized carbons (Fsp3) is 1.00. The van der Waals surface area contributed by atoms with Crippen LogP contribution in [0.5, 0.6) is 0 Å². The maximum Gasteiger partial charge on any atom is 0.125 e. The minimum atomic E-state index is -0.182. The van der Waals surface area contributed by atoms with E-state index in [1.165, 1.54) is 109 Å². The van der Waals surface area contributed by atoms with Gasteiger partial charge < -0.3 is 0 Å². The highest BCUT2D eigenvalue weighted by Crippen LogP contribution is 2.15. The third-order valence-corrected chi connectivity index (χ3v) is 6.23. The molecule has 0 aromatic rings. The highest BCUT2D eigenvalue weighted by atomic mass is 35.6. The average molecular weight is 347 g/mol. The molecule has 0 aliphatic heterocycles. The Morgan fingerprint density at radius 1 is 0.545 bits per heavy atom. The quantitative estimate of drug-likeness (QED) is 0.136. The first-order chi connectivity index (χ1) is 10.8. The van der Waals surface area contributed by atoms with Gasteiger partial charge in [0, 0.05) is 0 Å². The van der Waals surface area contributed by atoms with E-state index >= 15 is 0 Å². The van der Waals surface area contributed by atoms with Gasteiger partial charge in [0.25, 0.3) is 0 Å². The van der Waals surface area contributed by atoms with Crippen LogP contribution in [-0.2, 0) is 0 Å². The smallest absolute Gasteiger partial charge is 0.125 e. The Balaban J connectivity index is 2.94. The molecule has 0 fully saturated rings. The lowest BCUT2D eigenvalue weighted by Gasteiger charge is -2.05. The van der Waals surface area contributed by atoms with Crippen molar-refractivity contribution in [3.8, 4) is 0 Å². The second-order valence-electron chi connectivity index (χ2n) is 7.53. The molecule has 0 bridgehead atoms. The SMILES string of the molecule is CC(C)CCCCCCCCCCCCCCCCC[SiH2]Cl. The van der Waals surface area contributed by atoms with Crippen LogP contribution >= 0.6 is 11.1 Å². The minimum Gasteiger partial charge on any atom is -0.176 e. The summed E-state index contributed by atoms with van der Waals surface area (Å²) < 4.78 is 0. The normalized spacial score (nSPS) is 12.0. The standard InChI is InChI=1S/C20H43ClSi/c1-20(2)18-16-14-12-10-8-6-4-3-5-7-9-11-13-15-17-19-22-21/h20H,3-19,22H2,1-2H3. The first-order valence-corrected chi connectivity index (χ1v) is 13.5. The van der Waals surface area contributed by atoms with Gasteiger partial charge in [0.05, 0.1) is 0 Å². The van der Waals surface area contributed by atoms with Crippen LogP contribution in [0.15, 0.2) is 0 Å². The van der Waals surface area contributed by atoms with Crippen molar-refractivity contribution in [2.24, 2.45) is 5.92 Å². The fourth-order valence-electron chi connectivity index (χ4n) is 3.12. The van der Waals surface area contributed by atoms with Gasteiger partial charge in [0.1, 0.15) is 8.83 Å². The lowest BCUT2D eigenvalue weighted by molar-refractivity contribution is 0.502. The third-order valence-electron chi connectivity index (χ3n) is 4.67. The number of unbranched alkanes of at least 4 members (excludes halogenated alkanes) is 14. The maximum atomic E-state index is 5.82. The Hall–Kier alpha value is 0.507. The van der Waals surface area contributed by atoms with Gasteiger partial charge >= 0.3 is 0 Å². The highest BCUT2D eigenvalue weighted by molar-refractivity contribution is 6.93. The Morgan fingerprint density at radius 3 is 1.18 bits per heavy atom. The number of halogens is 1. The molecule has 0 rings (SSSR count). The summed E-state index contributed by atoms with van der Waals surface area (Å²) in [5.74, 6) is 0.896. The van der Waals surface area contributed by atoms with Gasteiger partial charge in [0.2, 0.25) is 0 Å². The van der Waals surface area contributed by atoms with Crippen LogP contribution in [0.3, 0.4) is 0 Å². The van der Waals surface area contributed by atoms with E-state index in [0.717, 1.165) is 5.92 Å². The summed E-state index contributed by atoms with van der Waals surface area (Å²) in [5.41, 5.74) is 0. The Bertz CT molecular complexity index is 194. The van der Waals surface area contributed by atoms with Gasteiger partial charge in [-0.3, -0.25) is 0 Å². The lowest BCUT2D eigenvalue weighted by Crippen LogP contribution is -1.87. The summed E-state index contributed by atoms with van der Waals surface area (Å²) in [6.45, 7) is 4.67. The van der Waals surface area contributed by atoms with Crippen LogP contribution in [0.4, 0.5) is 0 Å². The Morgan fingerprint density at radius 2 is 0.864 bits per heavy atom. The molecule has 0 aromatic carbocycles. The van der Waals surface area contributed by atoms with E-state index in [0.29, 0.717) is 0 Å². The second kappa shape index (κ2) is 19.6. The molecule has 0 amide bonds. The van der Waals surface area contributed by atoms with Crippen molar-refractivity contribution in [3.05, 3.63) is 0 Å². The van der Waals surface area contributed by atoms with Gasteiger partial charge in [-0.1, -0.05) is 117 Å². The molecule has 0 aromatic heterocycles. The maximum absolute atomic E-state index is 5.82. The van der Waals surface area contributed by atoms with Crippen molar-refractivity contribution in [2.45, 2.75) is 123 Å². The van der Waals surface area contributed by atoms with Crippen molar-refractivity contribution in [1.29, 1.82) is 0 Å². The molecule has 0 aliphatic rings. The predicted molar refractivity (Wildman–Crippen MR) is 108 cm³/mol. The average Bonchev–Trinajstić information content (AvgIpc) is 2.50. The first-order valence-electron chi connectivity index (χ1n) is 10.3. The molecule has 22 heavy (non-hydrogen) atoms. The lowest BCUT2D eigenvalue weighted by atomic mass is 10.0. The molecule has 0 N–H and O–H groups in total. The molecule has 134 valence electrons. The van der Waals surface area contributed by atoms with Crippen molar-refractivity contribution < 1.29 is 0 Å². The van der Waals surface area contributed by atoms with Gasteiger partial charge in [-0.25, -0.2) is 0 Å². The molecule has 0 heterocycles.